The molecule has 0 bridgehead atoms. The second-order valence-electron chi connectivity index (χ2n) is 8.53. The molecule has 33 heavy (non-hydrogen) atoms. The van der Waals surface area contributed by atoms with Gasteiger partial charge in [0.25, 0.3) is 5.56 Å². The van der Waals surface area contributed by atoms with E-state index in [9.17, 15) is 9.59 Å². The fourth-order valence-corrected chi connectivity index (χ4v) is 4.20. The fourth-order valence-electron chi connectivity index (χ4n) is 4.20. The van der Waals surface area contributed by atoms with Gasteiger partial charge in [0.15, 0.2) is 0 Å². The predicted octanol–water partition coefficient (Wildman–Crippen LogP) is 2.20. The molecule has 0 radical (unpaired) electrons. The topological polar surface area (TPSA) is 97.1 Å². The highest BCUT2D eigenvalue weighted by Gasteiger charge is 2.33. The lowest BCUT2D eigenvalue weighted by molar-refractivity contribution is -0.147. The van der Waals surface area contributed by atoms with Crippen LogP contribution in [0.3, 0.4) is 0 Å². The van der Waals surface area contributed by atoms with Crippen LogP contribution in [0.4, 0.5) is 5.82 Å². The lowest BCUT2D eigenvalue weighted by atomic mass is 9.96. The summed E-state index contributed by atoms with van der Waals surface area (Å²) in [5, 5.41) is 10.5. The largest absolute Gasteiger partial charge is 0.496 e. The van der Waals surface area contributed by atoms with Crippen LogP contribution >= 0.6 is 0 Å². The van der Waals surface area contributed by atoms with Crippen molar-refractivity contribution in [3.63, 3.8) is 0 Å². The molecule has 9 heteroatoms. The summed E-state index contributed by atoms with van der Waals surface area (Å²) in [6.07, 6.45) is 3.42. The molecule has 0 saturated carbocycles. The molecule has 0 amide bonds. The minimum Gasteiger partial charge on any atom is -0.496 e. The summed E-state index contributed by atoms with van der Waals surface area (Å²) in [5.41, 5.74) is 2.44. The highest BCUT2D eigenvalue weighted by atomic mass is 16.5. The summed E-state index contributed by atoms with van der Waals surface area (Å²) >= 11 is 0. The second-order valence-corrected chi connectivity index (χ2v) is 8.53. The zero-order valence-corrected chi connectivity index (χ0v) is 19.5. The third-order valence-corrected chi connectivity index (χ3v) is 6.12. The van der Waals surface area contributed by atoms with E-state index in [4.69, 9.17) is 14.6 Å². The van der Waals surface area contributed by atoms with E-state index >= 15 is 0 Å². The molecule has 3 heterocycles. The number of aromatic nitrogens is 2. The van der Waals surface area contributed by atoms with Crippen LogP contribution in [0.5, 0.6) is 11.5 Å². The molecule has 0 spiro atoms. The van der Waals surface area contributed by atoms with Crippen LogP contribution in [0.2, 0.25) is 0 Å². The summed E-state index contributed by atoms with van der Waals surface area (Å²) in [6.45, 7) is 1.52. The summed E-state index contributed by atoms with van der Waals surface area (Å²) in [4.78, 5) is 32.2. The molecule has 0 unspecified atom stereocenters. The highest BCUT2D eigenvalue weighted by molar-refractivity contribution is 5.97. The molecule has 9 nitrogen and oxygen atoms in total. The first-order valence-corrected chi connectivity index (χ1v) is 10.6. The van der Waals surface area contributed by atoms with Crippen molar-refractivity contribution in [2.24, 2.45) is 13.0 Å². The summed E-state index contributed by atoms with van der Waals surface area (Å²) in [5.74, 6) is 0.934. The number of hydrogen-bond acceptors (Lipinski definition) is 7. The van der Waals surface area contributed by atoms with E-state index in [1.54, 1.807) is 32.0 Å². The molecule has 1 N–H and O–H groups in total. The molecule has 0 aliphatic carbocycles. The fraction of sp³-hybridized carbons (Fsp3) is 0.375. The van der Waals surface area contributed by atoms with Crippen molar-refractivity contribution in [3.8, 4) is 22.6 Å². The smallest absolute Gasteiger partial charge is 0.309 e. The SMILES string of the molecule is COc1cc(-c2cn(C)c(=O)c3cnc(N(C)C)cc23)cc(OC)c1CN1CC(C(=O)O)C1. The molecule has 1 saturated heterocycles. The van der Waals surface area contributed by atoms with E-state index in [2.05, 4.69) is 9.88 Å². The number of carbonyl (C=O) groups is 1. The number of nitrogens with zero attached hydrogens (tertiary/aromatic N) is 4. The minimum atomic E-state index is -0.770. The number of likely N-dealkylation sites (tertiary alicyclic amines) is 1. The van der Waals surface area contributed by atoms with Gasteiger partial charge in [-0.2, -0.15) is 0 Å². The maximum absolute atomic E-state index is 12.7. The van der Waals surface area contributed by atoms with Gasteiger partial charge in [0, 0.05) is 64.1 Å². The predicted molar refractivity (Wildman–Crippen MR) is 126 cm³/mol. The van der Waals surface area contributed by atoms with Gasteiger partial charge in [-0.3, -0.25) is 14.5 Å². The van der Waals surface area contributed by atoms with Crippen molar-refractivity contribution in [1.82, 2.24) is 14.5 Å². The van der Waals surface area contributed by atoms with Gasteiger partial charge in [0.2, 0.25) is 0 Å². The number of aliphatic carboxylic acids is 1. The molecular formula is C24H28N4O5. The van der Waals surface area contributed by atoms with Crippen molar-refractivity contribution in [3.05, 3.63) is 46.5 Å². The monoisotopic (exact) mass is 452 g/mol. The number of anilines is 1. The normalized spacial score (nSPS) is 14.2. The average molecular weight is 453 g/mol. The first kappa shape index (κ1) is 22.6. The Hall–Kier alpha value is -3.59. The zero-order valence-electron chi connectivity index (χ0n) is 19.5. The van der Waals surface area contributed by atoms with E-state index in [1.807, 2.05) is 43.4 Å². The van der Waals surface area contributed by atoms with Crippen LogP contribution in [-0.2, 0) is 18.4 Å². The molecule has 1 aromatic carbocycles. The maximum atomic E-state index is 12.7. The number of carboxylic acids is 1. The van der Waals surface area contributed by atoms with E-state index in [1.165, 1.54) is 0 Å². The van der Waals surface area contributed by atoms with Crippen molar-refractivity contribution in [2.75, 3.05) is 46.3 Å². The number of methoxy groups -OCH3 is 2. The number of benzene rings is 1. The van der Waals surface area contributed by atoms with E-state index < -0.39 is 5.97 Å². The molecule has 174 valence electrons. The Bertz CT molecular complexity index is 1250. The Morgan fingerprint density at radius 2 is 1.79 bits per heavy atom. The molecule has 4 rings (SSSR count). The average Bonchev–Trinajstić information content (AvgIpc) is 2.77. The molecule has 1 fully saturated rings. The Labute approximate surface area is 191 Å². The lowest BCUT2D eigenvalue weighted by Crippen LogP contribution is -2.49. The van der Waals surface area contributed by atoms with Gasteiger partial charge in [-0.15, -0.1) is 0 Å². The van der Waals surface area contributed by atoms with Gasteiger partial charge in [-0.05, 0) is 23.8 Å². The van der Waals surface area contributed by atoms with Crippen LogP contribution < -0.4 is 19.9 Å². The van der Waals surface area contributed by atoms with Crippen LogP contribution in [0.25, 0.3) is 21.9 Å². The van der Waals surface area contributed by atoms with Crippen molar-refractivity contribution >= 4 is 22.6 Å². The number of aryl methyl sites for hydroxylation is 1. The van der Waals surface area contributed by atoms with Crippen LogP contribution in [0.1, 0.15) is 5.56 Å². The number of carboxylic acid groups (broad SMARTS) is 1. The molecule has 0 atom stereocenters. The number of fused-ring (bicyclic) bond motifs is 1. The summed E-state index contributed by atoms with van der Waals surface area (Å²) in [7, 11) is 8.73. The maximum Gasteiger partial charge on any atom is 0.309 e. The summed E-state index contributed by atoms with van der Waals surface area (Å²) < 4.78 is 13.0. The molecular weight excluding hydrogens is 424 g/mol. The Morgan fingerprint density at radius 1 is 1.15 bits per heavy atom. The first-order valence-electron chi connectivity index (χ1n) is 10.6. The van der Waals surface area contributed by atoms with Gasteiger partial charge < -0.3 is 24.0 Å². The molecule has 2 aromatic heterocycles. The minimum absolute atomic E-state index is 0.118. The lowest BCUT2D eigenvalue weighted by Gasteiger charge is -2.37. The van der Waals surface area contributed by atoms with E-state index in [0.717, 1.165) is 27.9 Å². The Kier molecular flexibility index (Phi) is 5.99. The zero-order chi connectivity index (χ0) is 23.9. The first-order chi connectivity index (χ1) is 15.7. The number of ether oxygens (including phenoxy) is 2. The second kappa shape index (κ2) is 8.74. The molecule has 3 aromatic rings. The Morgan fingerprint density at radius 3 is 2.33 bits per heavy atom. The van der Waals surface area contributed by atoms with Crippen LogP contribution in [0.15, 0.2) is 35.4 Å². The van der Waals surface area contributed by atoms with Gasteiger partial charge in [0.05, 0.1) is 31.1 Å². The third kappa shape index (κ3) is 4.11. The number of hydrogen-bond donors (Lipinski definition) is 1. The van der Waals surface area contributed by atoms with Crippen molar-refractivity contribution < 1.29 is 19.4 Å². The summed E-state index contributed by atoms with van der Waals surface area (Å²) in [6, 6.07) is 5.77. The number of rotatable bonds is 7. The van der Waals surface area contributed by atoms with Gasteiger partial charge in [-0.1, -0.05) is 0 Å². The molecule has 1 aliphatic heterocycles. The van der Waals surface area contributed by atoms with Crippen LogP contribution in [0, 0.1) is 5.92 Å². The standard InChI is InChI=1S/C24H28N4O5/c1-26(2)22-8-16-17(9-25-22)23(29)27(3)12-18(16)14-6-20(32-4)19(21(7-14)33-5)13-28-10-15(11-28)24(30)31/h6-9,12,15H,10-11,13H2,1-5H3,(H,30,31). The molecule has 1 aliphatic rings. The van der Waals surface area contributed by atoms with Gasteiger partial charge in [0.1, 0.15) is 17.3 Å². The van der Waals surface area contributed by atoms with E-state index in [-0.39, 0.29) is 11.5 Å². The Balaban J connectivity index is 1.83. The van der Waals surface area contributed by atoms with Gasteiger partial charge >= 0.3 is 5.97 Å². The van der Waals surface area contributed by atoms with Crippen LogP contribution in [-0.4, -0.2) is 66.9 Å². The van der Waals surface area contributed by atoms with Crippen molar-refractivity contribution in [1.29, 1.82) is 0 Å². The van der Waals surface area contributed by atoms with Gasteiger partial charge in [-0.25, -0.2) is 4.98 Å². The highest BCUT2D eigenvalue weighted by Crippen LogP contribution is 2.39. The van der Waals surface area contributed by atoms with Crippen molar-refractivity contribution in [2.45, 2.75) is 6.54 Å². The quantitative estimate of drug-likeness (QED) is 0.583. The third-order valence-electron chi connectivity index (χ3n) is 6.12. The number of pyridine rings is 2. The van der Waals surface area contributed by atoms with E-state index in [0.29, 0.717) is 36.5 Å².